The van der Waals surface area contributed by atoms with E-state index in [1.807, 2.05) is 6.07 Å². The molecular formula is C13H16N4O2. The van der Waals surface area contributed by atoms with Crippen LogP contribution in [-0.2, 0) is 0 Å². The van der Waals surface area contributed by atoms with Crippen molar-refractivity contribution in [1.29, 1.82) is 5.26 Å². The van der Waals surface area contributed by atoms with E-state index in [0.717, 1.165) is 25.7 Å². The maximum atomic E-state index is 11.1. The van der Waals surface area contributed by atoms with Gasteiger partial charge < -0.3 is 11.1 Å². The van der Waals surface area contributed by atoms with Crippen molar-refractivity contribution in [3.8, 4) is 6.07 Å². The lowest BCUT2D eigenvalue weighted by atomic mass is 9.90. The van der Waals surface area contributed by atoms with Crippen LogP contribution in [0.4, 0.5) is 11.4 Å². The number of anilines is 1. The molecule has 0 aliphatic heterocycles. The molecular weight excluding hydrogens is 244 g/mol. The van der Waals surface area contributed by atoms with Crippen LogP contribution in [0.1, 0.15) is 31.2 Å². The summed E-state index contributed by atoms with van der Waals surface area (Å²) in [5, 5.41) is 23.2. The molecule has 0 amide bonds. The Morgan fingerprint density at radius 2 is 2.16 bits per heavy atom. The van der Waals surface area contributed by atoms with E-state index in [-0.39, 0.29) is 23.3 Å². The molecule has 100 valence electrons. The van der Waals surface area contributed by atoms with E-state index in [0.29, 0.717) is 5.69 Å². The number of nitriles is 1. The van der Waals surface area contributed by atoms with E-state index in [1.54, 1.807) is 12.1 Å². The summed E-state index contributed by atoms with van der Waals surface area (Å²) in [5.41, 5.74) is 6.31. The summed E-state index contributed by atoms with van der Waals surface area (Å²) < 4.78 is 0. The molecule has 0 bridgehead atoms. The summed E-state index contributed by atoms with van der Waals surface area (Å²) in [7, 11) is 0. The number of hydrogen-bond donors (Lipinski definition) is 2. The van der Waals surface area contributed by atoms with Gasteiger partial charge in [0, 0.05) is 12.1 Å². The summed E-state index contributed by atoms with van der Waals surface area (Å²) in [6.07, 6.45) is 3.98. The second-order valence-corrected chi connectivity index (χ2v) is 4.77. The van der Waals surface area contributed by atoms with Crippen LogP contribution in [0, 0.1) is 21.4 Å². The Bertz CT molecular complexity index is 524. The smallest absolute Gasteiger partial charge is 0.309 e. The van der Waals surface area contributed by atoms with Crippen molar-refractivity contribution in [2.45, 2.75) is 37.8 Å². The van der Waals surface area contributed by atoms with Gasteiger partial charge in [0.1, 0.15) is 17.3 Å². The van der Waals surface area contributed by atoms with Gasteiger partial charge in [-0.2, -0.15) is 5.26 Å². The van der Waals surface area contributed by atoms with Crippen molar-refractivity contribution >= 4 is 11.4 Å². The zero-order chi connectivity index (χ0) is 13.8. The largest absolute Gasteiger partial charge is 0.375 e. The van der Waals surface area contributed by atoms with Crippen LogP contribution in [0.3, 0.4) is 0 Å². The lowest BCUT2D eigenvalue weighted by molar-refractivity contribution is -0.384. The number of para-hydroxylation sites is 1. The number of nitro groups is 1. The molecule has 2 rings (SSSR count). The Hall–Kier alpha value is -2.13. The molecule has 1 saturated carbocycles. The third kappa shape index (κ3) is 2.83. The summed E-state index contributed by atoms with van der Waals surface area (Å²) in [5.74, 6) is 0. The van der Waals surface area contributed by atoms with Gasteiger partial charge >= 0.3 is 5.69 Å². The van der Waals surface area contributed by atoms with Gasteiger partial charge in [-0.3, -0.25) is 10.1 Å². The maximum absolute atomic E-state index is 11.1. The number of benzene rings is 1. The van der Waals surface area contributed by atoms with Gasteiger partial charge in [-0.1, -0.05) is 18.9 Å². The normalized spacial score (nSPS) is 22.5. The fourth-order valence-electron chi connectivity index (χ4n) is 2.49. The lowest BCUT2D eigenvalue weighted by Gasteiger charge is -2.30. The Kier molecular flexibility index (Phi) is 3.97. The van der Waals surface area contributed by atoms with E-state index in [1.165, 1.54) is 6.07 Å². The minimum Gasteiger partial charge on any atom is -0.375 e. The second kappa shape index (κ2) is 5.67. The van der Waals surface area contributed by atoms with Crippen LogP contribution in [0.15, 0.2) is 18.2 Å². The van der Waals surface area contributed by atoms with Gasteiger partial charge in [0.25, 0.3) is 0 Å². The third-order valence-corrected chi connectivity index (χ3v) is 3.50. The van der Waals surface area contributed by atoms with Crippen molar-refractivity contribution in [3.63, 3.8) is 0 Å². The average molecular weight is 260 g/mol. The Morgan fingerprint density at radius 1 is 1.42 bits per heavy atom. The predicted octanol–water partition coefficient (Wildman–Crippen LogP) is 2.15. The summed E-state index contributed by atoms with van der Waals surface area (Å²) >= 11 is 0. The molecule has 6 nitrogen and oxygen atoms in total. The highest BCUT2D eigenvalue weighted by Crippen LogP contribution is 2.30. The van der Waals surface area contributed by atoms with Gasteiger partial charge in [0.15, 0.2) is 0 Å². The first-order valence-corrected chi connectivity index (χ1v) is 6.33. The van der Waals surface area contributed by atoms with Crippen molar-refractivity contribution in [3.05, 3.63) is 33.9 Å². The van der Waals surface area contributed by atoms with Crippen LogP contribution >= 0.6 is 0 Å². The molecule has 2 atom stereocenters. The standard InChI is InChI=1S/C13H16N4O2/c14-8-9-4-3-7-12(13(9)17(18)19)16-11-6-2-1-5-10(11)15/h3-4,7,10-11,16H,1-2,5-6,15H2/t10-,11-/m1/s1. The van der Waals surface area contributed by atoms with Gasteiger partial charge in [-0.05, 0) is 25.0 Å². The second-order valence-electron chi connectivity index (χ2n) is 4.77. The van der Waals surface area contributed by atoms with Crippen LogP contribution < -0.4 is 11.1 Å². The molecule has 1 aromatic rings. The molecule has 1 aliphatic rings. The van der Waals surface area contributed by atoms with Crippen molar-refractivity contribution < 1.29 is 4.92 Å². The minimum atomic E-state index is -0.519. The summed E-state index contributed by atoms with van der Waals surface area (Å²) in [6.45, 7) is 0. The SMILES string of the molecule is N#Cc1cccc(N[C@@H]2CCCC[C@H]2N)c1[N+](=O)[O-]. The molecule has 1 aliphatic carbocycles. The average Bonchev–Trinajstić information content (AvgIpc) is 2.40. The topological polar surface area (TPSA) is 105 Å². The van der Waals surface area contributed by atoms with E-state index in [2.05, 4.69) is 5.32 Å². The van der Waals surface area contributed by atoms with E-state index < -0.39 is 4.92 Å². The summed E-state index contributed by atoms with van der Waals surface area (Å²) in [4.78, 5) is 10.6. The van der Waals surface area contributed by atoms with E-state index in [4.69, 9.17) is 11.0 Å². The molecule has 0 unspecified atom stereocenters. The van der Waals surface area contributed by atoms with Crippen molar-refractivity contribution in [1.82, 2.24) is 0 Å². The fourth-order valence-corrected chi connectivity index (χ4v) is 2.49. The number of rotatable bonds is 3. The minimum absolute atomic E-state index is 0.000837. The van der Waals surface area contributed by atoms with Gasteiger partial charge in [-0.25, -0.2) is 0 Å². The molecule has 0 aromatic heterocycles. The summed E-state index contributed by atoms with van der Waals surface area (Å²) in [6, 6.07) is 6.60. The first-order valence-electron chi connectivity index (χ1n) is 6.33. The molecule has 0 heterocycles. The van der Waals surface area contributed by atoms with Gasteiger partial charge in [0.05, 0.1) is 4.92 Å². The number of nitrogens with zero attached hydrogens (tertiary/aromatic N) is 2. The van der Waals surface area contributed by atoms with Crippen molar-refractivity contribution in [2.24, 2.45) is 5.73 Å². The molecule has 0 saturated heterocycles. The molecule has 6 heteroatoms. The number of nitrogens with two attached hydrogens (primary N) is 1. The fraction of sp³-hybridized carbons (Fsp3) is 0.462. The molecule has 1 fully saturated rings. The van der Waals surface area contributed by atoms with E-state index >= 15 is 0 Å². The molecule has 19 heavy (non-hydrogen) atoms. The Labute approximate surface area is 111 Å². The number of nitrogens with one attached hydrogen (secondary N) is 1. The molecule has 3 N–H and O–H groups in total. The van der Waals surface area contributed by atoms with Crippen LogP contribution in [0.2, 0.25) is 0 Å². The van der Waals surface area contributed by atoms with Crippen molar-refractivity contribution in [2.75, 3.05) is 5.32 Å². The Balaban J connectivity index is 2.29. The van der Waals surface area contributed by atoms with Crippen LogP contribution in [0.5, 0.6) is 0 Å². The first kappa shape index (κ1) is 13.3. The molecule has 1 aromatic carbocycles. The molecule has 0 spiro atoms. The molecule has 0 radical (unpaired) electrons. The van der Waals surface area contributed by atoms with Gasteiger partial charge in [-0.15, -0.1) is 0 Å². The number of nitro benzene ring substituents is 1. The maximum Gasteiger partial charge on any atom is 0.309 e. The highest BCUT2D eigenvalue weighted by molar-refractivity contribution is 5.68. The first-order chi connectivity index (χ1) is 9.13. The Morgan fingerprint density at radius 3 is 2.79 bits per heavy atom. The van der Waals surface area contributed by atoms with Gasteiger partial charge in [0.2, 0.25) is 0 Å². The zero-order valence-corrected chi connectivity index (χ0v) is 10.5. The van der Waals surface area contributed by atoms with Crippen LogP contribution in [0.25, 0.3) is 0 Å². The highest BCUT2D eigenvalue weighted by Gasteiger charge is 2.26. The quantitative estimate of drug-likeness (QED) is 0.640. The zero-order valence-electron chi connectivity index (χ0n) is 10.5. The predicted molar refractivity (Wildman–Crippen MR) is 71.7 cm³/mol. The van der Waals surface area contributed by atoms with E-state index in [9.17, 15) is 10.1 Å². The number of hydrogen-bond acceptors (Lipinski definition) is 5. The lowest BCUT2D eigenvalue weighted by Crippen LogP contribution is -2.42. The third-order valence-electron chi connectivity index (χ3n) is 3.50. The monoisotopic (exact) mass is 260 g/mol. The highest BCUT2D eigenvalue weighted by atomic mass is 16.6. The van der Waals surface area contributed by atoms with Crippen LogP contribution in [-0.4, -0.2) is 17.0 Å².